The van der Waals surface area contributed by atoms with Crippen molar-refractivity contribution in [2.75, 3.05) is 9.21 Å². The van der Waals surface area contributed by atoms with Crippen LogP contribution in [0.4, 0.5) is 11.4 Å². The molecule has 3 aromatic rings. The van der Waals surface area contributed by atoms with E-state index in [9.17, 15) is 13.2 Å². The number of fused-ring (bicyclic) bond motifs is 1. The molecule has 2 atom stereocenters. The van der Waals surface area contributed by atoms with Crippen LogP contribution in [0.2, 0.25) is 0 Å². The molecule has 0 radical (unpaired) electrons. The summed E-state index contributed by atoms with van der Waals surface area (Å²) in [6.45, 7) is 3.68. The smallest absolute Gasteiger partial charge is 0.265 e. The van der Waals surface area contributed by atoms with Crippen molar-refractivity contribution in [3.8, 4) is 0 Å². The van der Waals surface area contributed by atoms with E-state index < -0.39 is 16.1 Å². The van der Waals surface area contributed by atoms with Crippen LogP contribution in [0.3, 0.4) is 0 Å². The summed E-state index contributed by atoms with van der Waals surface area (Å²) in [6, 6.07) is 17.7. The van der Waals surface area contributed by atoms with E-state index in [0.29, 0.717) is 11.1 Å². The number of benzene rings is 3. The SMILES string of the molecule is C[C@@H]1Cc2ccccc2N1C(=O)[C@H](C)N1c2cccc3cccc(c23)S1(=O)=O. The van der Waals surface area contributed by atoms with Gasteiger partial charge in [0, 0.05) is 17.1 Å². The number of hydrogen-bond acceptors (Lipinski definition) is 3. The van der Waals surface area contributed by atoms with Gasteiger partial charge < -0.3 is 4.90 Å². The van der Waals surface area contributed by atoms with Crippen LogP contribution in [0.1, 0.15) is 19.4 Å². The first-order valence-electron chi connectivity index (χ1n) is 9.38. The van der Waals surface area contributed by atoms with Gasteiger partial charge in [-0.2, -0.15) is 0 Å². The van der Waals surface area contributed by atoms with E-state index in [-0.39, 0.29) is 16.8 Å². The summed E-state index contributed by atoms with van der Waals surface area (Å²) >= 11 is 0. The van der Waals surface area contributed by atoms with Crippen LogP contribution >= 0.6 is 0 Å². The first kappa shape index (κ1) is 17.3. The highest BCUT2D eigenvalue weighted by atomic mass is 32.2. The lowest BCUT2D eigenvalue weighted by molar-refractivity contribution is -0.119. The Morgan fingerprint density at radius 1 is 1.00 bits per heavy atom. The summed E-state index contributed by atoms with van der Waals surface area (Å²) in [5, 5.41) is 1.56. The average molecular weight is 392 g/mol. The Balaban J connectivity index is 1.61. The molecule has 0 saturated heterocycles. The van der Waals surface area contributed by atoms with Crippen LogP contribution in [-0.2, 0) is 21.2 Å². The van der Waals surface area contributed by atoms with Crippen molar-refractivity contribution >= 4 is 38.1 Å². The number of anilines is 2. The maximum Gasteiger partial charge on any atom is 0.265 e. The molecule has 5 nitrogen and oxygen atoms in total. The normalized spacial score (nSPS) is 20.4. The predicted octanol–water partition coefficient (Wildman–Crippen LogP) is 3.71. The van der Waals surface area contributed by atoms with Gasteiger partial charge in [-0.15, -0.1) is 0 Å². The molecule has 6 heteroatoms. The fourth-order valence-corrected chi connectivity index (χ4v) is 6.40. The molecule has 1 amide bonds. The second-order valence-corrected chi connectivity index (χ2v) is 9.28. The summed E-state index contributed by atoms with van der Waals surface area (Å²) in [4.78, 5) is 15.5. The Labute approximate surface area is 164 Å². The molecular formula is C22H20N2O3S. The van der Waals surface area contributed by atoms with Gasteiger partial charge in [0.25, 0.3) is 15.9 Å². The minimum atomic E-state index is -3.78. The minimum absolute atomic E-state index is 0.00387. The zero-order chi connectivity index (χ0) is 19.6. The number of sulfonamides is 1. The van der Waals surface area contributed by atoms with Gasteiger partial charge in [-0.05, 0) is 49.4 Å². The second kappa shape index (κ2) is 5.82. The minimum Gasteiger partial charge on any atom is -0.307 e. The van der Waals surface area contributed by atoms with Gasteiger partial charge in [-0.1, -0.05) is 42.5 Å². The third kappa shape index (κ3) is 2.18. The molecule has 0 aromatic heterocycles. The van der Waals surface area contributed by atoms with Gasteiger partial charge >= 0.3 is 0 Å². The maximum atomic E-state index is 13.5. The fraction of sp³-hybridized carbons (Fsp3) is 0.227. The molecule has 3 aromatic carbocycles. The molecule has 5 rings (SSSR count). The lowest BCUT2D eigenvalue weighted by Gasteiger charge is -2.31. The monoisotopic (exact) mass is 392 g/mol. The van der Waals surface area contributed by atoms with Crippen molar-refractivity contribution in [3.05, 3.63) is 66.2 Å². The number of hydrogen-bond donors (Lipinski definition) is 0. The first-order valence-corrected chi connectivity index (χ1v) is 10.8. The van der Waals surface area contributed by atoms with Crippen LogP contribution < -0.4 is 9.21 Å². The molecule has 142 valence electrons. The zero-order valence-electron chi connectivity index (χ0n) is 15.7. The lowest BCUT2D eigenvalue weighted by Crippen LogP contribution is -2.50. The molecule has 0 N–H and O–H groups in total. The van der Waals surface area contributed by atoms with Gasteiger partial charge in [0.05, 0.1) is 10.6 Å². The Kier molecular flexibility index (Phi) is 3.58. The molecule has 0 bridgehead atoms. The van der Waals surface area contributed by atoms with Crippen molar-refractivity contribution < 1.29 is 13.2 Å². The topological polar surface area (TPSA) is 57.7 Å². The molecule has 0 spiro atoms. The van der Waals surface area contributed by atoms with Gasteiger partial charge in [0.1, 0.15) is 6.04 Å². The van der Waals surface area contributed by atoms with Crippen LogP contribution in [0, 0.1) is 0 Å². The standard InChI is InChI=1S/C22H20N2O3S/c1-14-13-17-7-3-4-10-18(17)23(14)22(25)15(2)24-19-11-5-8-16-9-6-12-20(21(16)19)28(24,26)27/h3-12,14-15H,13H2,1-2H3/t14-,15+/m1/s1. The van der Waals surface area contributed by atoms with E-state index in [1.165, 1.54) is 4.31 Å². The number of carbonyl (C=O) groups excluding carboxylic acids is 1. The van der Waals surface area contributed by atoms with Crippen LogP contribution in [0.25, 0.3) is 10.8 Å². The van der Waals surface area contributed by atoms with E-state index in [2.05, 4.69) is 0 Å². The second-order valence-electron chi connectivity index (χ2n) is 7.50. The van der Waals surface area contributed by atoms with Gasteiger partial charge in [-0.25, -0.2) is 8.42 Å². The Morgan fingerprint density at radius 2 is 1.68 bits per heavy atom. The number of rotatable bonds is 2. The summed E-state index contributed by atoms with van der Waals surface area (Å²) in [5.41, 5.74) is 2.57. The maximum absolute atomic E-state index is 13.5. The Morgan fingerprint density at radius 3 is 2.46 bits per heavy atom. The molecule has 0 fully saturated rings. The van der Waals surface area contributed by atoms with Crippen molar-refractivity contribution in [2.24, 2.45) is 0 Å². The van der Waals surface area contributed by atoms with Crippen LogP contribution in [-0.4, -0.2) is 26.4 Å². The van der Waals surface area contributed by atoms with E-state index >= 15 is 0 Å². The van der Waals surface area contributed by atoms with E-state index in [1.54, 1.807) is 30.0 Å². The molecular weight excluding hydrogens is 372 g/mol. The quantitative estimate of drug-likeness (QED) is 0.668. The lowest BCUT2D eigenvalue weighted by atomic mass is 10.1. The van der Waals surface area contributed by atoms with Gasteiger partial charge in [0.15, 0.2) is 0 Å². The summed E-state index contributed by atoms with van der Waals surface area (Å²) in [6.07, 6.45) is 0.775. The molecule has 2 aliphatic heterocycles. The predicted molar refractivity (Wildman–Crippen MR) is 110 cm³/mol. The largest absolute Gasteiger partial charge is 0.307 e. The number of nitrogens with zero attached hydrogens (tertiary/aromatic N) is 2. The number of carbonyl (C=O) groups is 1. The van der Waals surface area contributed by atoms with Gasteiger partial charge in [0.2, 0.25) is 0 Å². The van der Waals surface area contributed by atoms with Crippen molar-refractivity contribution in [3.63, 3.8) is 0 Å². The third-order valence-corrected chi connectivity index (χ3v) is 7.70. The molecule has 0 saturated carbocycles. The highest BCUT2D eigenvalue weighted by Crippen LogP contribution is 2.44. The number of para-hydroxylation sites is 1. The summed E-state index contributed by atoms with van der Waals surface area (Å²) in [5.74, 6) is -0.203. The van der Waals surface area contributed by atoms with Crippen molar-refractivity contribution in [1.82, 2.24) is 0 Å². The third-order valence-electron chi connectivity index (χ3n) is 5.77. The van der Waals surface area contributed by atoms with Crippen molar-refractivity contribution in [1.29, 1.82) is 0 Å². The molecule has 2 aliphatic rings. The molecule has 28 heavy (non-hydrogen) atoms. The zero-order valence-corrected chi connectivity index (χ0v) is 16.5. The Hall–Kier alpha value is -2.86. The summed E-state index contributed by atoms with van der Waals surface area (Å²) in [7, 11) is -3.78. The fourth-order valence-electron chi connectivity index (χ4n) is 4.54. The van der Waals surface area contributed by atoms with E-state index in [0.717, 1.165) is 23.1 Å². The van der Waals surface area contributed by atoms with Gasteiger partial charge in [-0.3, -0.25) is 9.10 Å². The first-order chi connectivity index (χ1) is 13.4. The number of amides is 1. The molecule has 2 heterocycles. The average Bonchev–Trinajstić information content (AvgIpc) is 3.13. The van der Waals surface area contributed by atoms with E-state index in [1.807, 2.05) is 49.4 Å². The van der Waals surface area contributed by atoms with Crippen LogP contribution in [0.15, 0.2) is 65.6 Å². The Bertz CT molecular complexity index is 1230. The molecule has 0 unspecified atom stereocenters. The van der Waals surface area contributed by atoms with E-state index in [4.69, 9.17) is 0 Å². The highest BCUT2D eigenvalue weighted by molar-refractivity contribution is 7.93. The van der Waals surface area contributed by atoms with Crippen molar-refractivity contribution in [2.45, 2.75) is 37.2 Å². The van der Waals surface area contributed by atoms with Crippen LogP contribution in [0.5, 0.6) is 0 Å². The highest BCUT2D eigenvalue weighted by Gasteiger charge is 2.43. The summed E-state index contributed by atoms with van der Waals surface area (Å²) < 4.78 is 27.9. The molecule has 0 aliphatic carbocycles.